The van der Waals surface area contributed by atoms with E-state index in [0.717, 1.165) is 31.9 Å². The lowest BCUT2D eigenvalue weighted by atomic mass is 10.0. The average Bonchev–Trinajstić information content (AvgIpc) is 2.55. The Labute approximate surface area is 134 Å². The van der Waals surface area contributed by atoms with Crippen LogP contribution < -0.4 is 4.90 Å². The topological polar surface area (TPSA) is 26.7 Å². The SMILES string of the molecule is CC(c1c(F)cccc1F)N1CCN(c2ccc(O)cc2)CC1. The van der Waals surface area contributed by atoms with Crippen LogP contribution in [0, 0.1) is 11.6 Å². The smallest absolute Gasteiger partial charge is 0.130 e. The Morgan fingerprint density at radius 3 is 2.04 bits per heavy atom. The van der Waals surface area contributed by atoms with Gasteiger partial charge in [0, 0.05) is 43.5 Å². The van der Waals surface area contributed by atoms with Crippen LogP contribution in [0.15, 0.2) is 42.5 Å². The molecule has 0 aliphatic carbocycles. The molecule has 0 saturated carbocycles. The van der Waals surface area contributed by atoms with Gasteiger partial charge < -0.3 is 10.0 Å². The lowest BCUT2D eigenvalue weighted by Crippen LogP contribution is -2.47. The van der Waals surface area contributed by atoms with E-state index in [9.17, 15) is 13.9 Å². The first-order chi connectivity index (χ1) is 11.1. The van der Waals surface area contributed by atoms with E-state index in [0.29, 0.717) is 0 Å². The fourth-order valence-corrected chi connectivity index (χ4v) is 3.12. The van der Waals surface area contributed by atoms with Gasteiger partial charge in [0.1, 0.15) is 17.4 Å². The summed E-state index contributed by atoms with van der Waals surface area (Å²) in [4.78, 5) is 4.30. The lowest BCUT2D eigenvalue weighted by Gasteiger charge is -2.39. The van der Waals surface area contributed by atoms with Crippen molar-refractivity contribution in [2.24, 2.45) is 0 Å². The molecule has 2 aromatic rings. The van der Waals surface area contributed by atoms with Crippen LogP contribution in [0.1, 0.15) is 18.5 Å². The van der Waals surface area contributed by atoms with E-state index in [1.165, 1.54) is 18.2 Å². The first-order valence-electron chi connectivity index (χ1n) is 7.78. The highest BCUT2D eigenvalue weighted by Crippen LogP contribution is 2.28. The van der Waals surface area contributed by atoms with Crippen molar-refractivity contribution in [2.45, 2.75) is 13.0 Å². The molecule has 1 heterocycles. The summed E-state index contributed by atoms with van der Waals surface area (Å²) in [5, 5.41) is 9.35. The third-order valence-corrected chi connectivity index (χ3v) is 4.49. The van der Waals surface area contributed by atoms with Crippen LogP contribution in [0.2, 0.25) is 0 Å². The predicted octanol–water partition coefficient (Wildman–Crippen LogP) is 3.55. The molecule has 0 spiro atoms. The van der Waals surface area contributed by atoms with Gasteiger partial charge in [-0.15, -0.1) is 0 Å². The molecular formula is C18H20F2N2O. The molecule has 0 radical (unpaired) electrons. The molecule has 5 heteroatoms. The number of hydrogen-bond acceptors (Lipinski definition) is 3. The molecule has 1 unspecified atom stereocenters. The molecule has 2 aromatic carbocycles. The highest BCUT2D eigenvalue weighted by molar-refractivity contribution is 5.49. The Kier molecular flexibility index (Phi) is 4.48. The van der Waals surface area contributed by atoms with E-state index in [4.69, 9.17) is 0 Å². The van der Waals surface area contributed by atoms with Crippen molar-refractivity contribution in [3.8, 4) is 5.75 Å². The molecule has 0 aromatic heterocycles. The Balaban J connectivity index is 1.68. The van der Waals surface area contributed by atoms with Gasteiger partial charge in [0.15, 0.2) is 0 Å². The Hall–Kier alpha value is -2.14. The fraction of sp³-hybridized carbons (Fsp3) is 0.333. The molecule has 1 fully saturated rings. The summed E-state index contributed by atoms with van der Waals surface area (Å²) in [5.74, 6) is -0.729. The first-order valence-corrected chi connectivity index (χ1v) is 7.78. The second kappa shape index (κ2) is 6.54. The number of nitrogens with zero attached hydrogens (tertiary/aromatic N) is 2. The summed E-state index contributed by atoms with van der Waals surface area (Å²) in [6, 6.07) is 10.8. The van der Waals surface area contributed by atoms with Crippen LogP contribution in [-0.4, -0.2) is 36.2 Å². The van der Waals surface area contributed by atoms with Gasteiger partial charge >= 0.3 is 0 Å². The fourth-order valence-electron chi connectivity index (χ4n) is 3.12. The zero-order valence-electron chi connectivity index (χ0n) is 13.0. The van der Waals surface area contributed by atoms with Crippen LogP contribution in [0.5, 0.6) is 5.75 Å². The van der Waals surface area contributed by atoms with Crippen molar-refractivity contribution in [2.75, 3.05) is 31.1 Å². The van der Waals surface area contributed by atoms with E-state index in [2.05, 4.69) is 9.80 Å². The number of benzene rings is 2. The maximum atomic E-state index is 13.9. The van der Waals surface area contributed by atoms with E-state index >= 15 is 0 Å². The van der Waals surface area contributed by atoms with Crippen LogP contribution >= 0.6 is 0 Å². The van der Waals surface area contributed by atoms with Gasteiger partial charge in [0.2, 0.25) is 0 Å². The van der Waals surface area contributed by atoms with E-state index < -0.39 is 11.6 Å². The highest BCUT2D eigenvalue weighted by atomic mass is 19.1. The van der Waals surface area contributed by atoms with Gasteiger partial charge in [0.05, 0.1) is 0 Å². The minimum Gasteiger partial charge on any atom is -0.508 e. The summed E-state index contributed by atoms with van der Waals surface area (Å²) >= 11 is 0. The number of hydrogen-bond donors (Lipinski definition) is 1. The summed E-state index contributed by atoms with van der Waals surface area (Å²) in [5.41, 5.74) is 1.19. The zero-order valence-corrected chi connectivity index (χ0v) is 13.0. The van der Waals surface area contributed by atoms with Crippen molar-refractivity contribution < 1.29 is 13.9 Å². The molecule has 1 atom stereocenters. The van der Waals surface area contributed by atoms with Gasteiger partial charge in [-0.2, -0.15) is 0 Å². The van der Waals surface area contributed by atoms with Crippen molar-refractivity contribution >= 4 is 5.69 Å². The standard InChI is InChI=1S/C18H20F2N2O/c1-13(18-16(19)3-2-4-17(18)20)21-9-11-22(12-10-21)14-5-7-15(23)8-6-14/h2-8,13,23H,9-12H2,1H3. The maximum absolute atomic E-state index is 13.9. The van der Waals surface area contributed by atoms with E-state index in [1.807, 2.05) is 19.1 Å². The minimum atomic E-state index is -0.488. The van der Waals surface area contributed by atoms with Gasteiger partial charge in [-0.05, 0) is 43.3 Å². The summed E-state index contributed by atoms with van der Waals surface area (Å²) in [7, 11) is 0. The zero-order chi connectivity index (χ0) is 16.4. The number of phenolic OH excluding ortho intramolecular Hbond substituents is 1. The molecule has 1 aliphatic heterocycles. The van der Waals surface area contributed by atoms with Gasteiger partial charge in [-0.1, -0.05) is 6.07 Å². The molecule has 122 valence electrons. The molecule has 1 saturated heterocycles. The van der Waals surface area contributed by atoms with Gasteiger partial charge in [-0.3, -0.25) is 4.90 Å². The second-order valence-electron chi connectivity index (χ2n) is 5.85. The Morgan fingerprint density at radius 1 is 0.913 bits per heavy atom. The number of anilines is 1. The van der Waals surface area contributed by atoms with Crippen molar-refractivity contribution in [3.05, 3.63) is 59.7 Å². The van der Waals surface area contributed by atoms with Crippen molar-refractivity contribution in [1.29, 1.82) is 0 Å². The highest BCUT2D eigenvalue weighted by Gasteiger charge is 2.26. The second-order valence-corrected chi connectivity index (χ2v) is 5.85. The normalized spacial score (nSPS) is 17.3. The lowest BCUT2D eigenvalue weighted by molar-refractivity contribution is 0.191. The third kappa shape index (κ3) is 3.29. The molecule has 1 N–H and O–H groups in total. The number of rotatable bonds is 3. The largest absolute Gasteiger partial charge is 0.508 e. The molecule has 0 bridgehead atoms. The minimum absolute atomic E-state index is 0.144. The van der Waals surface area contributed by atoms with Gasteiger partial charge in [0.25, 0.3) is 0 Å². The van der Waals surface area contributed by atoms with Gasteiger partial charge in [-0.25, -0.2) is 8.78 Å². The maximum Gasteiger partial charge on any atom is 0.130 e. The van der Waals surface area contributed by atoms with Crippen LogP contribution in [0.25, 0.3) is 0 Å². The molecule has 23 heavy (non-hydrogen) atoms. The molecule has 1 aliphatic rings. The third-order valence-electron chi connectivity index (χ3n) is 4.49. The first kappa shape index (κ1) is 15.7. The summed E-state index contributed by atoms with van der Waals surface area (Å²) in [6.07, 6.45) is 0. The molecular weight excluding hydrogens is 298 g/mol. The van der Waals surface area contributed by atoms with Crippen LogP contribution in [0.4, 0.5) is 14.5 Å². The number of halogens is 2. The van der Waals surface area contributed by atoms with E-state index in [-0.39, 0.29) is 17.4 Å². The monoisotopic (exact) mass is 318 g/mol. The van der Waals surface area contributed by atoms with Crippen molar-refractivity contribution in [1.82, 2.24) is 4.90 Å². The van der Waals surface area contributed by atoms with Crippen LogP contribution in [0.3, 0.4) is 0 Å². The number of phenols is 1. The quantitative estimate of drug-likeness (QED) is 0.937. The Morgan fingerprint density at radius 2 is 1.48 bits per heavy atom. The predicted molar refractivity (Wildman–Crippen MR) is 86.7 cm³/mol. The molecule has 3 nitrogen and oxygen atoms in total. The average molecular weight is 318 g/mol. The van der Waals surface area contributed by atoms with Crippen molar-refractivity contribution in [3.63, 3.8) is 0 Å². The van der Waals surface area contributed by atoms with Crippen LogP contribution in [-0.2, 0) is 0 Å². The summed E-state index contributed by atoms with van der Waals surface area (Å²) < 4.78 is 27.9. The number of aromatic hydroxyl groups is 1. The number of piperazine rings is 1. The molecule has 0 amide bonds. The van der Waals surface area contributed by atoms with E-state index in [1.54, 1.807) is 12.1 Å². The summed E-state index contributed by atoms with van der Waals surface area (Å²) in [6.45, 7) is 4.87. The Bertz CT molecular complexity index is 647. The molecule has 3 rings (SSSR count).